The van der Waals surface area contributed by atoms with Crippen LogP contribution in [0.25, 0.3) is 5.69 Å². The minimum absolute atomic E-state index is 0.0835. The predicted octanol–water partition coefficient (Wildman–Crippen LogP) is 4.60. The number of hydrogen-bond donors (Lipinski definition) is 2. The van der Waals surface area contributed by atoms with Crippen molar-refractivity contribution in [2.24, 2.45) is 0 Å². The Kier molecular flexibility index (Phi) is 8.11. The molecular weight excluding hydrogens is 563 g/mol. The molecule has 0 aliphatic carbocycles. The van der Waals surface area contributed by atoms with Gasteiger partial charge in [0, 0.05) is 16.7 Å². The van der Waals surface area contributed by atoms with Crippen LogP contribution in [0, 0.1) is 0 Å². The Labute approximate surface area is 205 Å². The normalized spacial score (nSPS) is 11.8. The predicted molar refractivity (Wildman–Crippen MR) is 121 cm³/mol. The molecule has 0 aliphatic rings. The van der Waals surface area contributed by atoms with E-state index in [9.17, 15) is 40.0 Å². The average Bonchev–Trinajstić information content (AvgIpc) is 2.78. The molecule has 1 aromatic heterocycles. The first-order valence-corrected chi connectivity index (χ1v) is 11.9. The van der Waals surface area contributed by atoms with Crippen LogP contribution in [0.1, 0.15) is 39.2 Å². The van der Waals surface area contributed by atoms with E-state index in [1.54, 1.807) is 24.3 Å². The molecule has 0 bridgehead atoms. The third kappa shape index (κ3) is 6.34. The van der Waals surface area contributed by atoms with Gasteiger partial charge in [-0.25, -0.2) is 17.2 Å². The van der Waals surface area contributed by atoms with Crippen molar-refractivity contribution in [1.82, 2.24) is 9.88 Å². The number of hydrogen-bond acceptors (Lipinski definition) is 4. The van der Waals surface area contributed by atoms with Crippen LogP contribution in [0.2, 0.25) is 0 Å². The standard InChI is InChI=1S/C22H16BrF5N2O4S/c23-17-9-16(20(31)29-10-12-4-6-13(7-5-12)11-35(33)34)21(32)30(18(17)19(24)25)15-3-1-2-14(8-15)22(26,27)28/h1-9,19,35H,10-11H2,(H,29,31). The van der Waals surface area contributed by atoms with Crippen LogP contribution >= 0.6 is 15.9 Å². The van der Waals surface area contributed by atoms with Gasteiger partial charge in [-0.1, -0.05) is 30.3 Å². The monoisotopic (exact) mass is 578 g/mol. The fourth-order valence-electron chi connectivity index (χ4n) is 3.23. The van der Waals surface area contributed by atoms with E-state index >= 15 is 0 Å². The van der Waals surface area contributed by atoms with E-state index in [0.29, 0.717) is 21.8 Å². The van der Waals surface area contributed by atoms with Gasteiger partial charge in [-0.15, -0.1) is 0 Å². The van der Waals surface area contributed by atoms with E-state index in [0.717, 1.165) is 24.3 Å². The molecule has 1 heterocycles. The summed E-state index contributed by atoms with van der Waals surface area (Å²) in [6.45, 7) is -0.0835. The van der Waals surface area contributed by atoms with Crippen molar-refractivity contribution in [2.75, 3.05) is 0 Å². The van der Waals surface area contributed by atoms with E-state index in [4.69, 9.17) is 0 Å². The Morgan fingerprint density at radius 1 is 1.03 bits per heavy atom. The zero-order valence-corrected chi connectivity index (χ0v) is 20.0. The first-order valence-electron chi connectivity index (χ1n) is 9.77. The van der Waals surface area contributed by atoms with Crippen LogP contribution in [0.3, 0.4) is 0 Å². The average molecular weight is 579 g/mol. The first-order chi connectivity index (χ1) is 16.4. The number of nitrogens with one attached hydrogen (secondary N) is 1. The van der Waals surface area contributed by atoms with Crippen molar-refractivity contribution >= 4 is 32.5 Å². The van der Waals surface area contributed by atoms with E-state index in [1.165, 1.54) is 0 Å². The molecule has 0 radical (unpaired) electrons. The highest BCUT2D eigenvalue weighted by atomic mass is 79.9. The molecule has 0 aliphatic heterocycles. The Morgan fingerprint density at radius 2 is 1.66 bits per heavy atom. The Hall–Kier alpha value is -3.06. The summed E-state index contributed by atoms with van der Waals surface area (Å²) in [5, 5.41) is 2.45. The number of amides is 1. The second-order valence-corrected chi connectivity index (χ2v) is 9.11. The van der Waals surface area contributed by atoms with Crippen LogP contribution < -0.4 is 10.9 Å². The number of nitrogens with zero attached hydrogens (tertiary/aromatic N) is 1. The molecule has 2 aromatic carbocycles. The third-order valence-electron chi connectivity index (χ3n) is 4.86. The second kappa shape index (κ2) is 10.7. The van der Waals surface area contributed by atoms with Gasteiger partial charge in [0.15, 0.2) is 0 Å². The van der Waals surface area contributed by atoms with Gasteiger partial charge in [0.25, 0.3) is 17.9 Å². The zero-order chi connectivity index (χ0) is 25.9. The van der Waals surface area contributed by atoms with Crippen molar-refractivity contribution in [3.63, 3.8) is 0 Å². The maximum absolute atomic E-state index is 13.8. The summed E-state index contributed by atoms with van der Waals surface area (Å²) in [6, 6.07) is 10.4. The van der Waals surface area contributed by atoms with Crippen LogP contribution in [0.15, 0.2) is 63.9 Å². The Bertz CT molecular complexity index is 1380. The Balaban J connectivity index is 1.97. The number of rotatable bonds is 7. The Morgan fingerprint density at radius 3 is 2.23 bits per heavy atom. The fraction of sp³-hybridized carbons (Fsp3) is 0.182. The highest BCUT2D eigenvalue weighted by Gasteiger charge is 2.31. The molecule has 3 aromatic rings. The summed E-state index contributed by atoms with van der Waals surface area (Å²) in [6.07, 6.45) is -8.03. The van der Waals surface area contributed by atoms with Gasteiger partial charge in [-0.2, -0.15) is 13.2 Å². The maximum Gasteiger partial charge on any atom is 0.416 e. The molecular formula is C22H16BrF5N2O4S. The summed E-state index contributed by atoms with van der Waals surface area (Å²) in [5.41, 5.74) is -3.25. The minimum Gasteiger partial charge on any atom is -0.348 e. The molecule has 0 saturated carbocycles. The fourth-order valence-corrected chi connectivity index (χ4v) is 4.32. The number of carbonyl (C=O) groups is 1. The largest absolute Gasteiger partial charge is 0.416 e. The van der Waals surface area contributed by atoms with E-state index in [1.807, 2.05) is 0 Å². The van der Waals surface area contributed by atoms with Crippen molar-refractivity contribution in [1.29, 1.82) is 0 Å². The lowest BCUT2D eigenvalue weighted by Crippen LogP contribution is -2.34. The third-order valence-corrected chi connectivity index (χ3v) is 6.12. The minimum atomic E-state index is -4.78. The van der Waals surface area contributed by atoms with Crippen molar-refractivity contribution < 1.29 is 35.2 Å². The van der Waals surface area contributed by atoms with Gasteiger partial charge in [-0.05, 0) is 51.3 Å². The number of thiol groups is 1. The molecule has 0 atom stereocenters. The molecule has 1 amide bonds. The quantitative estimate of drug-likeness (QED) is 0.317. The lowest BCUT2D eigenvalue weighted by molar-refractivity contribution is -0.137. The summed E-state index contributed by atoms with van der Waals surface area (Å²) in [7, 11) is -2.61. The highest BCUT2D eigenvalue weighted by Crippen LogP contribution is 2.33. The number of alkyl halides is 5. The first kappa shape index (κ1) is 26.5. The summed E-state index contributed by atoms with van der Waals surface area (Å²) < 4.78 is 88.5. The van der Waals surface area contributed by atoms with Gasteiger partial charge in [0.05, 0.1) is 11.3 Å². The van der Waals surface area contributed by atoms with Gasteiger partial charge < -0.3 is 5.32 Å². The van der Waals surface area contributed by atoms with Gasteiger partial charge in [0.1, 0.15) is 22.0 Å². The molecule has 13 heteroatoms. The molecule has 0 unspecified atom stereocenters. The smallest absolute Gasteiger partial charge is 0.348 e. The number of aromatic nitrogens is 1. The number of pyridine rings is 1. The van der Waals surface area contributed by atoms with Gasteiger partial charge in [-0.3, -0.25) is 14.2 Å². The molecule has 0 fully saturated rings. The van der Waals surface area contributed by atoms with E-state index in [-0.39, 0.29) is 16.8 Å². The summed E-state index contributed by atoms with van der Waals surface area (Å²) >= 11 is 2.89. The molecule has 0 spiro atoms. The summed E-state index contributed by atoms with van der Waals surface area (Å²) in [4.78, 5) is 25.7. The second-order valence-electron chi connectivity index (χ2n) is 7.27. The van der Waals surface area contributed by atoms with Crippen molar-refractivity contribution in [3.05, 3.63) is 97.4 Å². The molecule has 0 saturated heterocycles. The molecule has 6 nitrogen and oxygen atoms in total. The molecule has 35 heavy (non-hydrogen) atoms. The van der Waals surface area contributed by atoms with Crippen LogP contribution in [0.5, 0.6) is 0 Å². The van der Waals surface area contributed by atoms with Crippen LogP contribution in [-0.4, -0.2) is 18.9 Å². The van der Waals surface area contributed by atoms with E-state index < -0.39 is 57.3 Å². The highest BCUT2D eigenvalue weighted by molar-refractivity contribution is 9.10. The summed E-state index contributed by atoms with van der Waals surface area (Å²) in [5.74, 6) is -1.09. The SMILES string of the molecule is O=C(NCc1ccc(C[SH](=O)=O)cc1)c1cc(Br)c(C(F)F)n(-c2cccc(C(F)(F)F)c2)c1=O. The van der Waals surface area contributed by atoms with E-state index in [2.05, 4.69) is 21.2 Å². The maximum atomic E-state index is 13.8. The molecule has 3 rings (SSSR count). The molecule has 1 N–H and O–H groups in total. The molecule has 186 valence electrons. The lowest BCUT2D eigenvalue weighted by Gasteiger charge is -2.17. The zero-order valence-electron chi connectivity index (χ0n) is 17.5. The van der Waals surface area contributed by atoms with Crippen LogP contribution in [-0.2, 0) is 29.2 Å². The number of carbonyl (C=O) groups excluding carboxylic acids is 1. The van der Waals surface area contributed by atoms with Crippen LogP contribution in [0.4, 0.5) is 22.0 Å². The van der Waals surface area contributed by atoms with Crippen molar-refractivity contribution in [3.8, 4) is 5.69 Å². The van der Waals surface area contributed by atoms with Crippen molar-refractivity contribution in [2.45, 2.75) is 24.9 Å². The van der Waals surface area contributed by atoms with Gasteiger partial charge >= 0.3 is 6.18 Å². The topological polar surface area (TPSA) is 85.2 Å². The lowest BCUT2D eigenvalue weighted by atomic mass is 10.1. The van der Waals surface area contributed by atoms with Gasteiger partial charge in [0.2, 0.25) is 0 Å². The number of halogens is 6. The number of benzene rings is 2.